The summed E-state index contributed by atoms with van der Waals surface area (Å²) in [6.45, 7) is 10.3. The first-order valence-electron chi connectivity index (χ1n) is 15.6. The zero-order chi connectivity index (χ0) is 26.5. The predicted octanol–water partition coefficient (Wildman–Crippen LogP) is 6.00. The molecular formula is C33H48N2O3. The molecule has 208 valence electrons. The van der Waals surface area contributed by atoms with Crippen molar-refractivity contribution in [1.82, 2.24) is 9.88 Å². The van der Waals surface area contributed by atoms with E-state index < -0.39 is 0 Å². The largest absolute Gasteiger partial charge is 0.393 e. The summed E-state index contributed by atoms with van der Waals surface area (Å²) in [6.07, 6.45) is 16.6. The molecule has 1 N–H and O–H groups in total. The maximum Gasteiger partial charge on any atom is 0.219 e. The van der Waals surface area contributed by atoms with E-state index in [0.29, 0.717) is 47.3 Å². The van der Waals surface area contributed by atoms with Crippen LogP contribution in [0.4, 0.5) is 0 Å². The molecule has 1 aliphatic heterocycles. The highest BCUT2D eigenvalue weighted by atomic mass is 16.5. The standard InChI is InChI=1S/C33H48N2O3/c1-21(36)35(18-22-6-5-15-34-17-22)19-23-7-8-25-27(38-23)16-26-24-9-10-28-30(2,3)29(37)11-12-33(28)20-32(24,33)14-13-31(25,26)4/h5-6,15,17,23-29,37H,7-14,16,18-20H2,1-4H3/t23?,24?,25?,26?,27?,28?,29-,31?,32?,33?/m0/s1. The molecule has 0 bridgehead atoms. The molecule has 7 rings (SSSR count). The van der Waals surface area contributed by atoms with E-state index in [1.165, 1.54) is 51.4 Å². The number of amides is 1. The van der Waals surface area contributed by atoms with Gasteiger partial charge in [-0.3, -0.25) is 9.78 Å². The normalized spacial score (nSPS) is 48.1. The second-order valence-electron chi connectivity index (χ2n) is 15.2. The number of hydrogen-bond acceptors (Lipinski definition) is 4. The van der Waals surface area contributed by atoms with Gasteiger partial charge >= 0.3 is 0 Å². The topological polar surface area (TPSA) is 62.7 Å². The van der Waals surface area contributed by atoms with Gasteiger partial charge in [0.05, 0.1) is 18.3 Å². The predicted molar refractivity (Wildman–Crippen MR) is 147 cm³/mol. The van der Waals surface area contributed by atoms with Gasteiger partial charge in [-0.15, -0.1) is 0 Å². The third-order valence-electron chi connectivity index (χ3n) is 13.6. The smallest absolute Gasteiger partial charge is 0.219 e. The Morgan fingerprint density at radius 2 is 1.87 bits per heavy atom. The lowest BCUT2D eigenvalue weighted by molar-refractivity contribution is -0.140. The van der Waals surface area contributed by atoms with E-state index in [1.807, 2.05) is 23.2 Å². The molecule has 5 heteroatoms. The highest BCUT2D eigenvalue weighted by Gasteiger charge is 2.80. The SMILES string of the molecule is CC(=O)N(Cc1cccnc1)CC1CCC2C(CC3C4CCC5C(C)(C)[C@@H](O)CCC56CC46CCC23C)O1. The molecule has 10 atom stereocenters. The van der Waals surface area contributed by atoms with E-state index in [1.54, 1.807) is 13.1 Å². The molecule has 5 nitrogen and oxygen atoms in total. The molecule has 1 aromatic heterocycles. The van der Waals surface area contributed by atoms with Crippen molar-refractivity contribution >= 4 is 5.91 Å². The van der Waals surface area contributed by atoms with Crippen LogP contribution in [0.5, 0.6) is 0 Å². The molecule has 5 saturated carbocycles. The van der Waals surface area contributed by atoms with Gasteiger partial charge in [-0.2, -0.15) is 0 Å². The first-order valence-corrected chi connectivity index (χ1v) is 15.6. The number of nitrogens with zero attached hydrogens (tertiary/aromatic N) is 2. The van der Waals surface area contributed by atoms with Gasteiger partial charge in [-0.05, 0) is 121 Å². The Kier molecular flexibility index (Phi) is 5.72. The van der Waals surface area contributed by atoms with Gasteiger partial charge in [0.1, 0.15) is 0 Å². The third-order valence-corrected chi connectivity index (χ3v) is 13.6. The molecule has 5 aliphatic carbocycles. The van der Waals surface area contributed by atoms with Crippen molar-refractivity contribution in [3.05, 3.63) is 30.1 Å². The number of pyridine rings is 1. The molecule has 38 heavy (non-hydrogen) atoms. The maximum absolute atomic E-state index is 12.5. The molecule has 9 unspecified atom stereocenters. The molecule has 2 heterocycles. The van der Waals surface area contributed by atoms with E-state index >= 15 is 0 Å². The van der Waals surface area contributed by atoms with Gasteiger partial charge in [-0.25, -0.2) is 0 Å². The second kappa shape index (κ2) is 8.52. The Labute approximate surface area is 229 Å². The van der Waals surface area contributed by atoms with E-state index in [2.05, 4.69) is 25.8 Å². The first kappa shape index (κ1) is 25.5. The average Bonchev–Trinajstić information content (AvgIpc) is 3.47. The van der Waals surface area contributed by atoms with Crippen LogP contribution >= 0.6 is 0 Å². The Morgan fingerprint density at radius 1 is 1.05 bits per heavy atom. The zero-order valence-electron chi connectivity index (χ0n) is 24.0. The summed E-state index contributed by atoms with van der Waals surface area (Å²) in [5.41, 5.74) is 2.59. The van der Waals surface area contributed by atoms with Crippen LogP contribution in [0.2, 0.25) is 0 Å². The van der Waals surface area contributed by atoms with Crippen LogP contribution in [0.15, 0.2) is 24.5 Å². The quantitative estimate of drug-likeness (QED) is 0.529. The summed E-state index contributed by atoms with van der Waals surface area (Å²) in [5, 5.41) is 10.9. The number of fused-ring (bicyclic) bond motifs is 4. The molecule has 1 amide bonds. The number of hydrogen-bond donors (Lipinski definition) is 1. The first-order chi connectivity index (χ1) is 18.1. The number of carbonyl (C=O) groups excluding carboxylic acids is 1. The Hall–Kier alpha value is -1.46. The molecule has 6 fully saturated rings. The summed E-state index contributed by atoms with van der Waals surface area (Å²) in [7, 11) is 0. The Bertz CT molecular complexity index is 1090. The van der Waals surface area contributed by atoms with Crippen LogP contribution < -0.4 is 0 Å². The van der Waals surface area contributed by atoms with Crippen molar-refractivity contribution in [2.75, 3.05) is 6.54 Å². The highest BCUT2D eigenvalue weighted by Crippen LogP contribution is 2.87. The van der Waals surface area contributed by atoms with Gasteiger partial charge in [0.2, 0.25) is 5.91 Å². The minimum absolute atomic E-state index is 0.0614. The third kappa shape index (κ3) is 3.42. The molecule has 2 spiro atoms. The van der Waals surface area contributed by atoms with Crippen LogP contribution in [0.3, 0.4) is 0 Å². The zero-order valence-corrected chi connectivity index (χ0v) is 24.0. The van der Waals surface area contributed by atoms with Gasteiger partial charge in [0, 0.05) is 32.4 Å². The summed E-state index contributed by atoms with van der Waals surface area (Å²) in [4.78, 5) is 18.7. The number of ether oxygens (including phenoxy) is 1. The van der Waals surface area contributed by atoms with E-state index in [9.17, 15) is 9.90 Å². The monoisotopic (exact) mass is 520 g/mol. The average molecular weight is 521 g/mol. The fraction of sp³-hybridized carbons (Fsp3) is 0.818. The van der Waals surface area contributed by atoms with Crippen LogP contribution in [0.25, 0.3) is 0 Å². The minimum atomic E-state index is -0.131. The summed E-state index contributed by atoms with van der Waals surface area (Å²) in [5.74, 6) is 3.10. The van der Waals surface area contributed by atoms with Crippen LogP contribution in [0.1, 0.15) is 97.5 Å². The van der Waals surface area contributed by atoms with Gasteiger partial charge in [-0.1, -0.05) is 26.8 Å². The van der Waals surface area contributed by atoms with Gasteiger partial charge < -0.3 is 14.7 Å². The molecule has 1 aromatic rings. The molecule has 0 aromatic carbocycles. The van der Waals surface area contributed by atoms with Gasteiger partial charge in [0.15, 0.2) is 0 Å². The lowest BCUT2D eigenvalue weighted by Gasteiger charge is -2.59. The number of aromatic nitrogens is 1. The van der Waals surface area contributed by atoms with Crippen molar-refractivity contribution in [1.29, 1.82) is 0 Å². The Morgan fingerprint density at radius 3 is 2.63 bits per heavy atom. The highest BCUT2D eigenvalue weighted by molar-refractivity contribution is 5.73. The fourth-order valence-electron chi connectivity index (χ4n) is 11.7. The van der Waals surface area contributed by atoms with Crippen molar-refractivity contribution in [3.63, 3.8) is 0 Å². The number of aliphatic hydroxyl groups is 1. The molecule has 1 saturated heterocycles. The van der Waals surface area contributed by atoms with E-state index in [-0.39, 0.29) is 23.5 Å². The van der Waals surface area contributed by atoms with Crippen molar-refractivity contribution in [3.8, 4) is 0 Å². The lowest BCUT2D eigenvalue weighted by Crippen LogP contribution is -2.54. The van der Waals surface area contributed by atoms with Crippen molar-refractivity contribution in [2.24, 2.45) is 45.3 Å². The fourth-order valence-corrected chi connectivity index (χ4v) is 11.7. The van der Waals surface area contributed by atoms with Crippen LogP contribution in [-0.4, -0.2) is 45.8 Å². The Balaban J connectivity index is 1.07. The maximum atomic E-state index is 12.5. The van der Waals surface area contributed by atoms with Crippen molar-refractivity contribution < 1.29 is 14.6 Å². The lowest BCUT2D eigenvalue weighted by atomic mass is 9.46. The van der Waals surface area contributed by atoms with Crippen molar-refractivity contribution in [2.45, 2.75) is 117 Å². The minimum Gasteiger partial charge on any atom is -0.393 e. The molecular weight excluding hydrogens is 472 g/mol. The van der Waals surface area contributed by atoms with E-state index in [4.69, 9.17) is 4.74 Å². The summed E-state index contributed by atoms with van der Waals surface area (Å²) in [6, 6.07) is 3.99. The van der Waals surface area contributed by atoms with Crippen LogP contribution in [0, 0.1) is 45.3 Å². The second-order valence-corrected chi connectivity index (χ2v) is 15.2. The summed E-state index contributed by atoms with van der Waals surface area (Å²) < 4.78 is 6.92. The van der Waals surface area contributed by atoms with E-state index in [0.717, 1.165) is 30.2 Å². The molecule has 6 aliphatic rings. The van der Waals surface area contributed by atoms with Crippen LogP contribution in [-0.2, 0) is 16.1 Å². The number of aliphatic hydroxyl groups excluding tert-OH is 1. The molecule has 0 radical (unpaired) electrons. The number of carbonyl (C=O) groups is 1. The summed E-state index contributed by atoms with van der Waals surface area (Å²) >= 11 is 0. The van der Waals surface area contributed by atoms with Gasteiger partial charge in [0.25, 0.3) is 0 Å². The number of rotatable bonds is 4.